The van der Waals surface area contributed by atoms with Crippen LogP contribution in [0.3, 0.4) is 0 Å². The quantitative estimate of drug-likeness (QED) is 0.672. The van der Waals surface area contributed by atoms with E-state index >= 15 is 0 Å². The summed E-state index contributed by atoms with van der Waals surface area (Å²) in [6, 6.07) is 7.51. The summed E-state index contributed by atoms with van der Waals surface area (Å²) in [5, 5.41) is 8.97. The van der Waals surface area contributed by atoms with E-state index in [-0.39, 0.29) is 11.9 Å². The zero-order valence-electron chi connectivity index (χ0n) is 11.0. The molecule has 1 saturated carbocycles. The molecule has 0 radical (unpaired) electrons. The fourth-order valence-corrected chi connectivity index (χ4v) is 2.65. The average molecular weight is 262 g/mol. The lowest BCUT2D eigenvalue weighted by atomic mass is 9.79. The number of carboxylic acids is 1. The van der Waals surface area contributed by atoms with Crippen LogP contribution in [0.4, 0.5) is 0 Å². The molecule has 102 valence electrons. The first kappa shape index (κ1) is 13.6. The zero-order chi connectivity index (χ0) is 13.8. The Bertz CT molecular complexity index is 456. The Morgan fingerprint density at radius 2 is 1.68 bits per heavy atom. The third-order valence-electron chi connectivity index (χ3n) is 3.69. The molecule has 1 N–H and O–H groups in total. The minimum absolute atomic E-state index is 0.184. The summed E-state index contributed by atoms with van der Waals surface area (Å²) in [4.78, 5) is 21.7. The van der Waals surface area contributed by atoms with Gasteiger partial charge in [0.15, 0.2) is 0 Å². The Labute approximate surface area is 112 Å². The van der Waals surface area contributed by atoms with Crippen molar-refractivity contribution in [3.63, 3.8) is 0 Å². The summed E-state index contributed by atoms with van der Waals surface area (Å²) in [6.07, 6.45) is 3.30. The van der Waals surface area contributed by atoms with Crippen LogP contribution in [0.5, 0.6) is 5.75 Å². The number of ether oxygens (including phenoxy) is 1. The number of carbonyl (C=O) groups excluding carboxylic acids is 1. The molecule has 1 aliphatic carbocycles. The van der Waals surface area contributed by atoms with Crippen LogP contribution in [-0.4, -0.2) is 17.0 Å². The van der Waals surface area contributed by atoms with Crippen LogP contribution >= 0.6 is 0 Å². The highest BCUT2D eigenvalue weighted by Crippen LogP contribution is 2.36. The highest BCUT2D eigenvalue weighted by molar-refractivity contribution is 5.70. The number of aliphatic carboxylic acids is 1. The highest BCUT2D eigenvalue weighted by Gasteiger charge is 2.26. The summed E-state index contributed by atoms with van der Waals surface area (Å²) in [5.74, 6) is -0.215. The van der Waals surface area contributed by atoms with Crippen molar-refractivity contribution in [1.82, 2.24) is 0 Å². The monoisotopic (exact) mass is 262 g/mol. The van der Waals surface area contributed by atoms with E-state index in [1.54, 1.807) is 12.1 Å². The van der Waals surface area contributed by atoms with Gasteiger partial charge < -0.3 is 9.84 Å². The maximum absolute atomic E-state index is 10.9. The lowest BCUT2D eigenvalue weighted by molar-refractivity contribution is -0.142. The number of hydrogen-bond donors (Lipinski definition) is 1. The average Bonchev–Trinajstić information content (AvgIpc) is 2.39. The van der Waals surface area contributed by atoms with Gasteiger partial charge in [0.2, 0.25) is 0 Å². The second kappa shape index (κ2) is 5.87. The zero-order valence-corrected chi connectivity index (χ0v) is 11.0. The van der Waals surface area contributed by atoms with E-state index in [4.69, 9.17) is 9.84 Å². The largest absolute Gasteiger partial charge is 0.481 e. The fraction of sp³-hybridized carbons (Fsp3) is 0.467. The van der Waals surface area contributed by atoms with E-state index in [0.29, 0.717) is 11.7 Å². The van der Waals surface area contributed by atoms with E-state index in [0.717, 1.165) is 25.7 Å². The van der Waals surface area contributed by atoms with Gasteiger partial charge in [-0.1, -0.05) is 12.1 Å². The standard InChI is InChI=1S/C15H18O4/c1-10(16)19-14-8-6-12(7-9-14)11-2-4-13(5-3-11)15(17)18/h6-9,11,13H,2-5H2,1H3,(H,17,18). The molecule has 0 bridgehead atoms. The molecule has 0 spiro atoms. The summed E-state index contributed by atoms with van der Waals surface area (Å²) in [5.41, 5.74) is 1.19. The predicted octanol–water partition coefficient (Wildman–Crippen LogP) is 2.97. The van der Waals surface area contributed by atoms with Gasteiger partial charge in [-0.15, -0.1) is 0 Å². The summed E-state index contributed by atoms with van der Waals surface area (Å²) in [7, 11) is 0. The van der Waals surface area contributed by atoms with Crippen LogP contribution in [-0.2, 0) is 9.59 Å². The summed E-state index contributed by atoms with van der Waals surface area (Å²) in [6.45, 7) is 1.38. The molecule has 4 heteroatoms. The van der Waals surface area contributed by atoms with E-state index in [2.05, 4.69) is 0 Å². The highest BCUT2D eigenvalue weighted by atomic mass is 16.5. The van der Waals surface area contributed by atoms with Gasteiger partial charge in [0.25, 0.3) is 0 Å². The second-order valence-electron chi connectivity index (χ2n) is 5.05. The molecule has 0 saturated heterocycles. The van der Waals surface area contributed by atoms with Crippen LogP contribution in [0.15, 0.2) is 24.3 Å². The molecule has 0 amide bonds. The van der Waals surface area contributed by atoms with Crippen molar-refractivity contribution in [1.29, 1.82) is 0 Å². The lowest BCUT2D eigenvalue weighted by Gasteiger charge is -2.26. The topological polar surface area (TPSA) is 63.6 Å². The third kappa shape index (κ3) is 3.56. The van der Waals surface area contributed by atoms with Crippen molar-refractivity contribution in [2.75, 3.05) is 0 Å². The van der Waals surface area contributed by atoms with Gasteiger partial charge in [-0.25, -0.2) is 0 Å². The predicted molar refractivity (Wildman–Crippen MR) is 70.1 cm³/mol. The van der Waals surface area contributed by atoms with E-state index in [1.807, 2.05) is 12.1 Å². The van der Waals surface area contributed by atoms with Gasteiger partial charge in [-0.3, -0.25) is 9.59 Å². The molecule has 2 rings (SSSR count). The molecule has 0 aromatic heterocycles. The fourth-order valence-electron chi connectivity index (χ4n) is 2.65. The molecule has 0 heterocycles. The molecular weight excluding hydrogens is 244 g/mol. The van der Waals surface area contributed by atoms with Crippen LogP contribution in [0.2, 0.25) is 0 Å². The Morgan fingerprint density at radius 3 is 2.16 bits per heavy atom. The van der Waals surface area contributed by atoms with Gasteiger partial charge in [0.1, 0.15) is 5.75 Å². The van der Waals surface area contributed by atoms with Crippen molar-refractivity contribution in [3.8, 4) is 5.75 Å². The molecule has 1 aliphatic rings. The smallest absolute Gasteiger partial charge is 0.308 e. The van der Waals surface area contributed by atoms with Crippen LogP contribution in [0, 0.1) is 5.92 Å². The molecule has 4 nitrogen and oxygen atoms in total. The molecular formula is C15H18O4. The molecule has 0 atom stereocenters. The molecule has 0 aliphatic heterocycles. The third-order valence-corrected chi connectivity index (χ3v) is 3.69. The Balaban J connectivity index is 1.96. The maximum atomic E-state index is 10.9. The van der Waals surface area contributed by atoms with Crippen LogP contribution < -0.4 is 4.74 Å². The molecule has 19 heavy (non-hydrogen) atoms. The van der Waals surface area contributed by atoms with Gasteiger partial charge in [0, 0.05) is 6.92 Å². The Kier molecular flexibility index (Phi) is 4.20. The van der Waals surface area contributed by atoms with E-state index < -0.39 is 5.97 Å². The first-order valence-electron chi connectivity index (χ1n) is 6.57. The molecule has 1 aromatic carbocycles. The van der Waals surface area contributed by atoms with E-state index in [9.17, 15) is 9.59 Å². The van der Waals surface area contributed by atoms with Crippen molar-refractivity contribution in [3.05, 3.63) is 29.8 Å². The van der Waals surface area contributed by atoms with E-state index in [1.165, 1.54) is 12.5 Å². The van der Waals surface area contributed by atoms with Crippen LogP contribution in [0.25, 0.3) is 0 Å². The van der Waals surface area contributed by atoms with Crippen LogP contribution in [0.1, 0.15) is 44.1 Å². The van der Waals surface area contributed by atoms with Crippen molar-refractivity contribution >= 4 is 11.9 Å². The molecule has 0 unspecified atom stereocenters. The normalized spacial score (nSPS) is 22.8. The Hall–Kier alpha value is -1.84. The van der Waals surface area contributed by atoms with Gasteiger partial charge in [0.05, 0.1) is 5.92 Å². The molecule has 1 aromatic rings. The van der Waals surface area contributed by atoms with Gasteiger partial charge in [-0.05, 0) is 49.3 Å². The lowest BCUT2D eigenvalue weighted by Crippen LogP contribution is -2.20. The summed E-state index contributed by atoms with van der Waals surface area (Å²) >= 11 is 0. The number of esters is 1. The van der Waals surface area contributed by atoms with Crippen molar-refractivity contribution in [2.24, 2.45) is 5.92 Å². The minimum atomic E-state index is -0.677. The first-order valence-corrected chi connectivity index (χ1v) is 6.57. The second-order valence-corrected chi connectivity index (χ2v) is 5.05. The van der Waals surface area contributed by atoms with Crippen molar-refractivity contribution < 1.29 is 19.4 Å². The van der Waals surface area contributed by atoms with Gasteiger partial charge in [-0.2, -0.15) is 0 Å². The number of carbonyl (C=O) groups is 2. The number of hydrogen-bond acceptors (Lipinski definition) is 3. The molecule has 1 fully saturated rings. The maximum Gasteiger partial charge on any atom is 0.308 e. The SMILES string of the molecule is CC(=O)Oc1ccc(C2CCC(C(=O)O)CC2)cc1. The minimum Gasteiger partial charge on any atom is -0.481 e. The number of rotatable bonds is 3. The number of benzene rings is 1. The number of carboxylic acid groups (broad SMARTS) is 1. The van der Waals surface area contributed by atoms with Crippen molar-refractivity contribution in [2.45, 2.75) is 38.5 Å². The van der Waals surface area contributed by atoms with Gasteiger partial charge >= 0.3 is 11.9 Å². The summed E-state index contributed by atoms with van der Waals surface area (Å²) < 4.78 is 4.99. The Morgan fingerprint density at radius 1 is 1.11 bits per heavy atom. The first-order chi connectivity index (χ1) is 9.06.